The highest BCUT2D eigenvalue weighted by molar-refractivity contribution is 7.99. The van der Waals surface area contributed by atoms with Gasteiger partial charge in [0.05, 0.1) is 5.69 Å². The summed E-state index contributed by atoms with van der Waals surface area (Å²) in [5, 5.41) is 3.54. The lowest BCUT2D eigenvalue weighted by atomic mass is 9.97. The number of rotatable bonds is 6. The van der Waals surface area contributed by atoms with Gasteiger partial charge >= 0.3 is 0 Å². The zero-order valence-electron chi connectivity index (χ0n) is 13.5. The number of hydrogen-bond donors (Lipinski definition) is 2. The number of hydrogen-bond acceptors (Lipinski definition) is 4. The highest BCUT2D eigenvalue weighted by Gasteiger charge is 2.15. The third-order valence-corrected chi connectivity index (χ3v) is 4.97. The Balaban J connectivity index is 1.46. The standard InChI is InChI=1S/C18H21N3O2S/c22-16(19-13-7-2-1-3-8-13)11-6-12-24-18-20-15-10-5-4-9-14(15)17(23)21-18/h1-3,7-8H,4-6,9-12H2,(H,19,22)(H,20,21,23). The summed E-state index contributed by atoms with van der Waals surface area (Å²) in [6.45, 7) is 0. The largest absolute Gasteiger partial charge is 0.326 e. The Morgan fingerprint density at radius 1 is 1.21 bits per heavy atom. The van der Waals surface area contributed by atoms with Crippen molar-refractivity contribution in [2.24, 2.45) is 0 Å². The predicted octanol–water partition coefficient (Wildman–Crippen LogP) is 3.16. The van der Waals surface area contributed by atoms with E-state index in [-0.39, 0.29) is 11.5 Å². The SMILES string of the molecule is O=C(CCCSc1nc2c(c(=O)[nH]1)CCCC2)Nc1ccccc1. The predicted molar refractivity (Wildman–Crippen MR) is 96.5 cm³/mol. The lowest BCUT2D eigenvalue weighted by Crippen LogP contribution is -2.21. The number of aromatic amines is 1. The first-order valence-electron chi connectivity index (χ1n) is 8.32. The van der Waals surface area contributed by atoms with Gasteiger partial charge in [-0.05, 0) is 44.2 Å². The first-order chi connectivity index (χ1) is 11.7. The molecule has 0 spiro atoms. The Labute approximate surface area is 145 Å². The van der Waals surface area contributed by atoms with Crippen molar-refractivity contribution in [3.05, 3.63) is 51.9 Å². The number of H-pyrrole nitrogens is 1. The van der Waals surface area contributed by atoms with Crippen molar-refractivity contribution < 1.29 is 4.79 Å². The normalized spacial score (nSPS) is 13.3. The molecule has 0 atom stereocenters. The van der Waals surface area contributed by atoms with Crippen molar-refractivity contribution >= 4 is 23.4 Å². The number of anilines is 1. The zero-order chi connectivity index (χ0) is 16.8. The number of carbonyl (C=O) groups is 1. The molecule has 1 aromatic heterocycles. The van der Waals surface area contributed by atoms with Gasteiger partial charge in [0, 0.05) is 23.4 Å². The number of fused-ring (bicyclic) bond motifs is 1. The van der Waals surface area contributed by atoms with E-state index in [9.17, 15) is 9.59 Å². The Morgan fingerprint density at radius 2 is 2.00 bits per heavy atom. The fourth-order valence-electron chi connectivity index (χ4n) is 2.80. The molecule has 0 aliphatic heterocycles. The van der Waals surface area contributed by atoms with E-state index in [0.29, 0.717) is 11.6 Å². The van der Waals surface area contributed by atoms with Crippen LogP contribution in [0.5, 0.6) is 0 Å². The molecule has 2 N–H and O–H groups in total. The summed E-state index contributed by atoms with van der Waals surface area (Å²) in [6.07, 6.45) is 5.10. The van der Waals surface area contributed by atoms with E-state index >= 15 is 0 Å². The van der Waals surface area contributed by atoms with Crippen LogP contribution in [0, 0.1) is 0 Å². The van der Waals surface area contributed by atoms with Gasteiger partial charge in [-0.3, -0.25) is 9.59 Å². The number of aromatic nitrogens is 2. The molecule has 0 bridgehead atoms. The Hall–Kier alpha value is -2.08. The molecule has 0 unspecified atom stereocenters. The van der Waals surface area contributed by atoms with Gasteiger partial charge in [-0.25, -0.2) is 4.98 Å². The van der Waals surface area contributed by atoms with E-state index < -0.39 is 0 Å². The van der Waals surface area contributed by atoms with Crippen molar-refractivity contribution in [1.29, 1.82) is 0 Å². The molecule has 5 nitrogen and oxygen atoms in total. The van der Waals surface area contributed by atoms with Gasteiger partial charge in [-0.15, -0.1) is 0 Å². The maximum absolute atomic E-state index is 12.1. The molecule has 6 heteroatoms. The van der Waals surface area contributed by atoms with Gasteiger partial charge in [-0.1, -0.05) is 30.0 Å². The van der Waals surface area contributed by atoms with E-state index in [1.165, 1.54) is 11.8 Å². The highest BCUT2D eigenvalue weighted by atomic mass is 32.2. The molecule has 0 fully saturated rings. The van der Waals surface area contributed by atoms with Crippen LogP contribution in [-0.2, 0) is 17.6 Å². The van der Waals surface area contributed by atoms with Crippen LogP contribution >= 0.6 is 11.8 Å². The van der Waals surface area contributed by atoms with Gasteiger partial charge in [0.25, 0.3) is 5.56 Å². The van der Waals surface area contributed by atoms with E-state index in [1.807, 2.05) is 30.3 Å². The van der Waals surface area contributed by atoms with Gasteiger partial charge in [0.2, 0.25) is 5.91 Å². The minimum Gasteiger partial charge on any atom is -0.326 e. The topological polar surface area (TPSA) is 74.8 Å². The first kappa shape index (κ1) is 16.8. The van der Waals surface area contributed by atoms with Crippen LogP contribution < -0.4 is 10.9 Å². The quantitative estimate of drug-likeness (QED) is 0.480. The van der Waals surface area contributed by atoms with Gasteiger partial charge in [-0.2, -0.15) is 0 Å². The first-order valence-corrected chi connectivity index (χ1v) is 9.31. The maximum Gasteiger partial charge on any atom is 0.254 e. The van der Waals surface area contributed by atoms with Gasteiger partial charge < -0.3 is 10.3 Å². The average molecular weight is 343 g/mol. The fraction of sp³-hybridized carbons (Fsp3) is 0.389. The number of carbonyl (C=O) groups excluding carboxylic acids is 1. The van der Waals surface area contributed by atoms with E-state index in [0.717, 1.165) is 54.8 Å². The van der Waals surface area contributed by atoms with Crippen molar-refractivity contribution in [3.8, 4) is 0 Å². The molecule has 3 rings (SSSR count). The minimum absolute atomic E-state index is 0.00372. The monoisotopic (exact) mass is 343 g/mol. The van der Waals surface area contributed by atoms with Crippen LogP contribution in [0.25, 0.3) is 0 Å². The van der Waals surface area contributed by atoms with Crippen LogP contribution in [0.1, 0.15) is 36.9 Å². The summed E-state index contributed by atoms with van der Waals surface area (Å²) in [7, 11) is 0. The molecule has 2 aromatic rings. The van der Waals surface area contributed by atoms with Crippen LogP contribution in [0.3, 0.4) is 0 Å². The summed E-state index contributed by atoms with van der Waals surface area (Å²) >= 11 is 1.51. The number of benzene rings is 1. The molecule has 1 aliphatic rings. The second kappa shape index (κ2) is 8.15. The molecule has 1 aliphatic carbocycles. The van der Waals surface area contributed by atoms with E-state index in [2.05, 4.69) is 15.3 Å². The molecule has 1 aromatic carbocycles. The number of nitrogens with one attached hydrogen (secondary N) is 2. The van der Waals surface area contributed by atoms with Crippen molar-refractivity contribution in [3.63, 3.8) is 0 Å². The Bertz CT molecular complexity index is 759. The van der Waals surface area contributed by atoms with Crippen molar-refractivity contribution in [1.82, 2.24) is 9.97 Å². The number of thioether (sulfide) groups is 1. The van der Waals surface area contributed by atoms with Gasteiger partial charge in [0.1, 0.15) is 0 Å². The molecule has 1 heterocycles. The Morgan fingerprint density at radius 3 is 2.83 bits per heavy atom. The maximum atomic E-state index is 12.1. The highest BCUT2D eigenvalue weighted by Crippen LogP contribution is 2.20. The third kappa shape index (κ3) is 4.47. The second-order valence-electron chi connectivity index (χ2n) is 5.87. The van der Waals surface area contributed by atoms with Crippen LogP contribution in [0.2, 0.25) is 0 Å². The van der Waals surface area contributed by atoms with E-state index in [1.54, 1.807) is 0 Å². The van der Waals surface area contributed by atoms with Crippen LogP contribution in [0.4, 0.5) is 5.69 Å². The molecular formula is C18H21N3O2S. The average Bonchev–Trinajstić information content (AvgIpc) is 2.60. The minimum atomic E-state index is 0.00372. The summed E-state index contributed by atoms with van der Waals surface area (Å²) in [4.78, 5) is 31.4. The lowest BCUT2D eigenvalue weighted by molar-refractivity contribution is -0.116. The molecule has 126 valence electrons. The zero-order valence-corrected chi connectivity index (χ0v) is 14.3. The fourth-order valence-corrected chi connectivity index (χ4v) is 3.62. The summed E-state index contributed by atoms with van der Waals surface area (Å²) < 4.78 is 0. The van der Waals surface area contributed by atoms with Gasteiger partial charge in [0.15, 0.2) is 5.16 Å². The van der Waals surface area contributed by atoms with Crippen LogP contribution in [0.15, 0.2) is 40.3 Å². The molecule has 0 radical (unpaired) electrons. The summed E-state index contributed by atoms with van der Waals surface area (Å²) in [6, 6.07) is 9.44. The molecule has 1 amide bonds. The third-order valence-electron chi connectivity index (χ3n) is 4.01. The van der Waals surface area contributed by atoms with Crippen LogP contribution in [-0.4, -0.2) is 21.6 Å². The molecule has 24 heavy (non-hydrogen) atoms. The van der Waals surface area contributed by atoms with Crippen molar-refractivity contribution in [2.75, 3.05) is 11.1 Å². The molecule has 0 saturated carbocycles. The lowest BCUT2D eigenvalue weighted by Gasteiger charge is -2.14. The molecule has 0 saturated heterocycles. The number of aryl methyl sites for hydroxylation is 1. The summed E-state index contributed by atoms with van der Waals surface area (Å²) in [5.41, 5.74) is 2.63. The summed E-state index contributed by atoms with van der Waals surface area (Å²) in [5.74, 6) is 0.762. The van der Waals surface area contributed by atoms with E-state index in [4.69, 9.17) is 0 Å². The number of para-hydroxylation sites is 1. The number of nitrogens with zero attached hydrogens (tertiary/aromatic N) is 1. The smallest absolute Gasteiger partial charge is 0.254 e. The second-order valence-corrected chi connectivity index (χ2v) is 6.95. The Kier molecular flexibility index (Phi) is 5.69. The van der Waals surface area contributed by atoms with Crippen molar-refractivity contribution in [2.45, 2.75) is 43.7 Å². The molecular weight excluding hydrogens is 322 g/mol. The number of amides is 1.